The maximum Gasteiger partial charge on any atom is 0.228 e. The molecule has 0 aliphatic rings. The molecule has 1 aromatic carbocycles. The molecule has 26 heavy (non-hydrogen) atoms. The fraction of sp³-hybridized carbons (Fsp3) is 0.474. The summed E-state index contributed by atoms with van der Waals surface area (Å²) >= 11 is 1.58. The average molecular weight is 418 g/mol. The number of aromatic nitrogens is 1. The van der Waals surface area contributed by atoms with Crippen molar-refractivity contribution in [1.29, 1.82) is 0 Å². The van der Waals surface area contributed by atoms with Crippen molar-refractivity contribution in [2.24, 2.45) is 11.7 Å². The third-order valence-electron chi connectivity index (χ3n) is 4.26. The minimum Gasteiger partial charge on any atom is -0.345 e. The number of likely N-dealkylation sites (N-methyl/N-ethyl adjacent to an activating group) is 1. The molecule has 146 valence electrons. The zero-order chi connectivity index (χ0) is 17.7. The van der Waals surface area contributed by atoms with Gasteiger partial charge in [-0.2, -0.15) is 0 Å². The minimum absolute atomic E-state index is 0. The largest absolute Gasteiger partial charge is 0.345 e. The lowest BCUT2D eigenvalue weighted by atomic mass is 10.0. The zero-order valence-electron chi connectivity index (χ0n) is 15.8. The van der Waals surface area contributed by atoms with E-state index in [2.05, 4.69) is 50.0 Å². The molecule has 1 heterocycles. The van der Waals surface area contributed by atoms with Crippen LogP contribution in [0.15, 0.2) is 29.6 Å². The van der Waals surface area contributed by atoms with Crippen LogP contribution in [-0.2, 0) is 11.2 Å². The van der Waals surface area contributed by atoms with Crippen LogP contribution < -0.4 is 5.73 Å². The predicted octanol–water partition coefficient (Wildman–Crippen LogP) is 4.34. The monoisotopic (exact) mass is 417 g/mol. The molecule has 0 saturated carbocycles. The molecule has 0 aliphatic carbocycles. The first-order valence-electron chi connectivity index (χ1n) is 8.37. The molecule has 7 heteroatoms. The molecule has 2 N–H and O–H groups in total. The van der Waals surface area contributed by atoms with Gasteiger partial charge in [-0.3, -0.25) is 4.79 Å². The number of rotatable bonds is 7. The number of hydrogen-bond acceptors (Lipinski definition) is 4. The van der Waals surface area contributed by atoms with Gasteiger partial charge < -0.3 is 10.6 Å². The van der Waals surface area contributed by atoms with Gasteiger partial charge in [-0.15, -0.1) is 36.2 Å². The van der Waals surface area contributed by atoms with Gasteiger partial charge in [0.1, 0.15) is 5.01 Å². The van der Waals surface area contributed by atoms with Crippen molar-refractivity contribution in [3.8, 4) is 10.6 Å². The minimum atomic E-state index is 0. The Bertz CT molecular complexity index is 674. The van der Waals surface area contributed by atoms with Crippen molar-refractivity contribution in [1.82, 2.24) is 9.88 Å². The number of amides is 1. The van der Waals surface area contributed by atoms with Crippen LogP contribution >= 0.6 is 36.2 Å². The maximum absolute atomic E-state index is 12.3. The van der Waals surface area contributed by atoms with Crippen LogP contribution in [0.3, 0.4) is 0 Å². The number of aryl methyl sites for hydroxylation is 1. The Balaban J connectivity index is 0.00000312. The second-order valence-corrected chi connectivity index (χ2v) is 7.56. The van der Waals surface area contributed by atoms with E-state index in [9.17, 15) is 4.79 Å². The van der Waals surface area contributed by atoms with Gasteiger partial charge in [-0.25, -0.2) is 4.98 Å². The summed E-state index contributed by atoms with van der Waals surface area (Å²) in [5, 5.41) is 2.93. The van der Waals surface area contributed by atoms with Crippen LogP contribution in [0, 0.1) is 12.8 Å². The van der Waals surface area contributed by atoms with Crippen LogP contribution in [0.25, 0.3) is 10.6 Å². The van der Waals surface area contributed by atoms with E-state index in [0.717, 1.165) is 22.7 Å². The third-order valence-corrected chi connectivity index (χ3v) is 5.20. The number of thiazole rings is 1. The van der Waals surface area contributed by atoms with E-state index in [1.54, 1.807) is 16.2 Å². The molecule has 1 amide bonds. The number of benzene rings is 1. The zero-order valence-corrected chi connectivity index (χ0v) is 18.2. The Morgan fingerprint density at radius 2 is 1.85 bits per heavy atom. The molecule has 2 rings (SSSR count). The lowest BCUT2D eigenvalue weighted by Gasteiger charge is -2.21. The third kappa shape index (κ3) is 7.23. The standard InChI is InChI=1S/C19H27N3OS.2ClH/c1-13(2)17(20)9-10-22(4)18(23)11-16-12-24-19(21-16)15-7-5-14(3)6-8-15;;/h5-8,12-13,17H,9-11,20H2,1-4H3;2*1H. The summed E-state index contributed by atoms with van der Waals surface area (Å²) < 4.78 is 0. The molecular formula is C19H29Cl2N3OS. The van der Waals surface area contributed by atoms with Crippen LogP contribution in [0.1, 0.15) is 31.5 Å². The van der Waals surface area contributed by atoms with Crippen LogP contribution in [0.5, 0.6) is 0 Å². The molecule has 2 aromatic rings. The number of halogens is 2. The lowest BCUT2D eigenvalue weighted by Crippen LogP contribution is -2.35. The molecule has 1 atom stereocenters. The van der Waals surface area contributed by atoms with Gasteiger partial charge in [0, 0.05) is 30.6 Å². The van der Waals surface area contributed by atoms with Gasteiger partial charge >= 0.3 is 0 Å². The number of hydrogen-bond donors (Lipinski definition) is 1. The van der Waals surface area contributed by atoms with Crippen LogP contribution in [0.2, 0.25) is 0 Å². The molecule has 1 unspecified atom stereocenters. The van der Waals surface area contributed by atoms with Crippen molar-refractivity contribution in [2.45, 2.75) is 39.7 Å². The Morgan fingerprint density at radius 1 is 1.23 bits per heavy atom. The van der Waals surface area contributed by atoms with Gasteiger partial charge in [0.2, 0.25) is 5.91 Å². The lowest BCUT2D eigenvalue weighted by molar-refractivity contribution is -0.129. The molecule has 0 bridgehead atoms. The normalized spacial score (nSPS) is 11.5. The first-order chi connectivity index (χ1) is 11.4. The van der Waals surface area contributed by atoms with Gasteiger partial charge in [-0.1, -0.05) is 43.7 Å². The number of carbonyl (C=O) groups is 1. The summed E-state index contributed by atoms with van der Waals surface area (Å²) in [5.41, 5.74) is 9.21. The highest BCUT2D eigenvalue weighted by atomic mass is 35.5. The van der Waals surface area contributed by atoms with E-state index in [-0.39, 0.29) is 36.8 Å². The average Bonchev–Trinajstić information content (AvgIpc) is 3.01. The van der Waals surface area contributed by atoms with E-state index < -0.39 is 0 Å². The van der Waals surface area contributed by atoms with Crippen molar-refractivity contribution in [3.05, 3.63) is 40.9 Å². The summed E-state index contributed by atoms with van der Waals surface area (Å²) in [4.78, 5) is 18.7. The molecule has 0 spiro atoms. The number of nitrogens with zero attached hydrogens (tertiary/aromatic N) is 2. The molecule has 0 fully saturated rings. The summed E-state index contributed by atoms with van der Waals surface area (Å²) in [6.45, 7) is 6.96. The van der Waals surface area contributed by atoms with Crippen LogP contribution in [0.4, 0.5) is 0 Å². The second kappa shape index (κ2) is 11.5. The van der Waals surface area contributed by atoms with Gasteiger partial charge in [0.25, 0.3) is 0 Å². The first-order valence-corrected chi connectivity index (χ1v) is 9.25. The number of carbonyl (C=O) groups excluding carboxylic acids is 1. The van der Waals surface area contributed by atoms with Gasteiger partial charge in [-0.05, 0) is 19.3 Å². The van der Waals surface area contributed by atoms with E-state index in [0.29, 0.717) is 18.9 Å². The van der Waals surface area contributed by atoms with E-state index in [1.807, 2.05) is 12.4 Å². The predicted molar refractivity (Wildman–Crippen MR) is 116 cm³/mol. The van der Waals surface area contributed by atoms with Gasteiger partial charge in [0.15, 0.2) is 0 Å². The van der Waals surface area contributed by atoms with Crippen LogP contribution in [-0.4, -0.2) is 35.4 Å². The van der Waals surface area contributed by atoms with Crippen molar-refractivity contribution in [3.63, 3.8) is 0 Å². The second-order valence-electron chi connectivity index (χ2n) is 6.70. The Kier molecular flexibility index (Phi) is 11.0. The smallest absolute Gasteiger partial charge is 0.228 e. The highest BCUT2D eigenvalue weighted by Gasteiger charge is 2.15. The van der Waals surface area contributed by atoms with Gasteiger partial charge in [0.05, 0.1) is 12.1 Å². The Morgan fingerprint density at radius 3 is 2.42 bits per heavy atom. The molecule has 1 aromatic heterocycles. The maximum atomic E-state index is 12.3. The van der Waals surface area contributed by atoms with E-state index >= 15 is 0 Å². The first kappa shape index (κ1) is 24.9. The van der Waals surface area contributed by atoms with Crippen molar-refractivity contribution < 1.29 is 4.79 Å². The SMILES string of the molecule is Cc1ccc(-c2nc(CC(=O)N(C)CCC(N)C(C)C)cs2)cc1.Cl.Cl. The summed E-state index contributed by atoms with van der Waals surface area (Å²) in [6.07, 6.45) is 1.17. The summed E-state index contributed by atoms with van der Waals surface area (Å²) in [7, 11) is 1.84. The molecular weight excluding hydrogens is 389 g/mol. The fourth-order valence-electron chi connectivity index (χ4n) is 2.31. The highest BCUT2D eigenvalue weighted by molar-refractivity contribution is 7.13. The van der Waals surface area contributed by atoms with Crippen molar-refractivity contribution >= 4 is 42.1 Å². The number of nitrogens with two attached hydrogens (primary N) is 1. The molecule has 0 aliphatic heterocycles. The molecule has 4 nitrogen and oxygen atoms in total. The summed E-state index contributed by atoms with van der Waals surface area (Å²) in [5.74, 6) is 0.524. The molecule has 0 radical (unpaired) electrons. The van der Waals surface area contributed by atoms with E-state index in [4.69, 9.17) is 5.73 Å². The quantitative estimate of drug-likeness (QED) is 0.728. The Labute approximate surface area is 173 Å². The van der Waals surface area contributed by atoms with Crippen molar-refractivity contribution in [2.75, 3.05) is 13.6 Å². The van der Waals surface area contributed by atoms with E-state index in [1.165, 1.54) is 5.56 Å². The summed E-state index contributed by atoms with van der Waals surface area (Å²) in [6, 6.07) is 8.42. The molecule has 0 saturated heterocycles. The fourth-order valence-corrected chi connectivity index (χ4v) is 3.13. The highest BCUT2D eigenvalue weighted by Crippen LogP contribution is 2.24. The topological polar surface area (TPSA) is 59.2 Å². The Hall–Kier alpha value is -1.14.